The van der Waals surface area contributed by atoms with Gasteiger partial charge in [0.1, 0.15) is 5.82 Å². The molecule has 3 N–H and O–H groups in total. The Morgan fingerprint density at radius 1 is 1.25 bits per heavy atom. The van der Waals surface area contributed by atoms with Gasteiger partial charge in [-0.05, 0) is 37.6 Å². The van der Waals surface area contributed by atoms with E-state index in [2.05, 4.69) is 31.0 Å². The molecule has 3 heterocycles. The van der Waals surface area contributed by atoms with Gasteiger partial charge in [-0.1, -0.05) is 6.07 Å². The first-order chi connectivity index (χ1) is 11.6. The van der Waals surface area contributed by atoms with E-state index in [1.807, 2.05) is 38.1 Å². The number of carbonyl (C=O) groups is 1. The summed E-state index contributed by atoms with van der Waals surface area (Å²) in [5, 5.41) is 13.2. The summed E-state index contributed by atoms with van der Waals surface area (Å²) in [6.45, 7) is 4.40. The molecule has 0 aliphatic heterocycles. The molecule has 0 aliphatic rings. The fourth-order valence-electron chi connectivity index (χ4n) is 2.16. The molecule has 3 aromatic heterocycles. The highest BCUT2D eigenvalue weighted by Gasteiger charge is 2.09. The van der Waals surface area contributed by atoms with Gasteiger partial charge in [0.05, 0.1) is 6.20 Å². The van der Waals surface area contributed by atoms with Crippen molar-refractivity contribution in [1.82, 2.24) is 24.9 Å². The van der Waals surface area contributed by atoms with Crippen molar-refractivity contribution >= 4 is 23.3 Å². The molecular weight excluding hydrogens is 306 g/mol. The number of amides is 2. The Hall–Kier alpha value is -3.16. The number of nitrogens with one attached hydrogen (secondary N) is 3. The Bertz CT molecular complexity index is 829. The van der Waals surface area contributed by atoms with Crippen molar-refractivity contribution in [2.75, 3.05) is 10.6 Å². The largest absolute Gasteiger partial charge is 0.364 e. The predicted molar refractivity (Wildman–Crippen MR) is 91.8 cm³/mol. The molecule has 0 saturated carbocycles. The maximum atomic E-state index is 11.8. The number of hydrogen-bond donors (Lipinski definition) is 3. The van der Waals surface area contributed by atoms with E-state index in [0.717, 1.165) is 5.56 Å². The van der Waals surface area contributed by atoms with Gasteiger partial charge in [-0.25, -0.2) is 9.78 Å². The maximum Gasteiger partial charge on any atom is 0.320 e. The van der Waals surface area contributed by atoms with E-state index in [1.165, 1.54) is 0 Å². The Kier molecular flexibility index (Phi) is 4.55. The number of carbonyl (C=O) groups excluding carboxylic acids is 1. The van der Waals surface area contributed by atoms with E-state index in [1.54, 1.807) is 23.1 Å². The van der Waals surface area contributed by atoms with Crippen molar-refractivity contribution in [1.29, 1.82) is 0 Å². The molecule has 0 radical (unpaired) electrons. The standard InChI is InChI=1S/C16H19N7O/c1-11(2)20-16(24)21-15-10-19-14-6-5-13(22-23(14)15)18-9-12-4-3-7-17-8-12/h3-8,10-11H,9H2,1-2H3,(H,18,22)(H2,20,21,24). The lowest BCUT2D eigenvalue weighted by molar-refractivity contribution is 0.250. The second kappa shape index (κ2) is 6.95. The third-order valence-corrected chi connectivity index (χ3v) is 3.22. The number of anilines is 2. The maximum absolute atomic E-state index is 11.8. The van der Waals surface area contributed by atoms with Crippen molar-refractivity contribution in [2.24, 2.45) is 0 Å². The average Bonchev–Trinajstić information content (AvgIpc) is 2.95. The summed E-state index contributed by atoms with van der Waals surface area (Å²) in [6.07, 6.45) is 5.11. The number of imidazole rings is 1. The highest BCUT2D eigenvalue weighted by molar-refractivity contribution is 5.88. The van der Waals surface area contributed by atoms with Crippen LogP contribution in [0.1, 0.15) is 19.4 Å². The topological polar surface area (TPSA) is 96.2 Å². The van der Waals surface area contributed by atoms with Gasteiger partial charge in [-0.2, -0.15) is 4.52 Å². The molecule has 0 spiro atoms. The minimum absolute atomic E-state index is 0.0499. The van der Waals surface area contributed by atoms with Crippen molar-refractivity contribution < 1.29 is 4.79 Å². The lowest BCUT2D eigenvalue weighted by Crippen LogP contribution is -2.34. The normalized spacial score (nSPS) is 10.8. The average molecular weight is 325 g/mol. The molecule has 0 aliphatic carbocycles. The van der Waals surface area contributed by atoms with Crippen LogP contribution in [-0.4, -0.2) is 31.7 Å². The van der Waals surface area contributed by atoms with E-state index >= 15 is 0 Å². The number of fused-ring (bicyclic) bond motifs is 1. The van der Waals surface area contributed by atoms with Crippen LogP contribution in [0.2, 0.25) is 0 Å². The molecule has 24 heavy (non-hydrogen) atoms. The highest BCUT2D eigenvalue weighted by Crippen LogP contribution is 2.13. The molecule has 0 atom stereocenters. The predicted octanol–water partition coefficient (Wildman–Crippen LogP) is 2.27. The summed E-state index contributed by atoms with van der Waals surface area (Å²) in [5.41, 5.74) is 1.71. The molecule has 2 amide bonds. The van der Waals surface area contributed by atoms with Crippen LogP contribution in [0.4, 0.5) is 16.4 Å². The zero-order valence-electron chi connectivity index (χ0n) is 13.5. The summed E-state index contributed by atoms with van der Waals surface area (Å²) < 4.78 is 1.59. The van der Waals surface area contributed by atoms with Crippen LogP contribution < -0.4 is 16.0 Å². The second-order valence-corrected chi connectivity index (χ2v) is 5.60. The number of pyridine rings is 1. The quantitative estimate of drug-likeness (QED) is 0.669. The molecule has 3 rings (SSSR count). The fourth-order valence-corrected chi connectivity index (χ4v) is 2.16. The molecule has 0 saturated heterocycles. The first kappa shape index (κ1) is 15.7. The van der Waals surface area contributed by atoms with Gasteiger partial charge in [0.25, 0.3) is 0 Å². The number of nitrogens with zero attached hydrogens (tertiary/aromatic N) is 4. The smallest absolute Gasteiger partial charge is 0.320 e. The van der Waals surface area contributed by atoms with Crippen LogP contribution in [0.3, 0.4) is 0 Å². The zero-order valence-corrected chi connectivity index (χ0v) is 13.5. The number of rotatable bonds is 5. The highest BCUT2D eigenvalue weighted by atomic mass is 16.2. The van der Waals surface area contributed by atoms with E-state index in [-0.39, 0.29) is 12.1 Å². The molecule has 8 heteroatoms. The van der Waals surface area contributed by atoms with Crippen LogP contribution in [0.15, 0.2) is 42.9 Å². The van der Waals surface area contributed by atoms with Gasteiger partial charge in [0.2, 0.25) is 0 Å². The van der Waals surface area contributed by atoms with E-state index in [9.17, 15) is 4.79 Å². The van der Waals surface area contributed by atoms with Crippen LogP contribution in [0, 0.1) is 0 Å². The first-order valence-electron chi connectivity index (χ1n) is 7.67. The Morgan fingerprint density at radius 2 is 2.12 bits per heavy atom. The van der Waals surface area contributed by atoms with E-state index < -0.39 is 0 Å². The van der Waals surface area contributed by atoms with E-state index in [0.29, 0.717) is 23.8 Å². The molecule has 0 aromatic carbocycles. The van der Waals surface area contributed by atoms with Crippen molar-refractivity contribution in [3.8, 4) is 0 Å². The van der Waals surface area contributed by atoms with Crippen LogP contribution in [0.5, 0.6) is 0 Å². The van der Waals surface area contributed by atoms with Gasteiger partial charge in [0, 0.05) is 25.0 Å². The molecule has 3 aromatic rings. The molecule has 0 bridgehead atoms. The summed E-state index contributed by atoms with van der Waals surface area (Å²) in [6, 6.07) is 7.31. The first-order valence-corrected chi connectivity index (χ1v) is 7.67. The number of hydrogen-bond acceptors (Lipinski definition) is 5. The van der Waals surface area contributed by atoms with Crippen molar-refractivity contribution in [2.45, 2.75) is 26.4 Å². The number of aromatic nitrogens is 4. The SMILES string of the molecule is CC(C)NC(=O)Nc1cnc2ccc(NCc3cccnc3)nn12. The molecule has 0 fully saturated rings. The Morgan fingerprint density at radius 3 is 2.88 bits per heavy atom. The van der Waals surface area contributed by atoms with Crippen molar-refractivity contribution in [3.05, 3.63) is 48.4 Å². The Labute approximate surface area is 139 Å². The Balaban J connectivity index is 1.74. The third-order valence-electron chi connectivity index (χ3n) is 3.22. The summed E-state index contributed by atoms with van der Waals surface area (Å²) >= 11 is 0. The van der Waals surface area contributed by atoms with E-state index in [4.69, 9.17) is 0 Å². The van der Waals surface area contributed by atoms with Gasteiger partial charge in [0.15, 0.2) is 11.5 Å². The molecular formula is C16H19N7O. The van der Waals surface area contributed by atoms with Gasteiger partial charge < -0.3 is 10.6 Å². The summed E-state index contributed by atoms with van der Waals surface area (Å²) in [5.74, 6) is 1.19. The second-order valence-electron chi connectivity index (χ2n) is 5.60. The molecule has 124 valence electrons. The zero-order chi connectivity index (χ0) is 16.9. The van der Waals surface area contributed by atoms with Crippen molar-refractivity contribution in [3.63, 3.8) is 0 Å². The molecule has 8 nitrogen and oxygen atoms in total. The summed E-state index contributed by atoms with van der Waals surface area (Å²) in [4.78, 5) is 20.2. The van der Waals surface area contributed by atoms with Crippen LogP contribution in [0.25, 0.3) is 5.65 Å². The van der Waals surface area contributed by atoms with Gasteiger partial charge in [-0.15, -0.1) is 5.10 Å². The number of urea groups is 1. The molecule has 0 unspecified atom stereocenters. The fraction of sp³-hybridized carbons (Fsp3) is 0.250. The van der Waals surface area contributed by atoms with Gasteiger partial charge >= 0.3 is 6.03 Å². The van der Waals surface area contributed by atoms with Crippen LogP contribution >= 0.6 is 0 Å². The lowest BCUT2D eigenvalue weighted by Gasteiger charge is -2.10. The monoisotopic (exact) mass is 325 g/mol. The minimum Gasteiger partial charge on any atom is -0.364 e. The third kappa shape index (κ3) is 3.78. The summed E-state index contributed by atoms with van der Waals surface area (Å²) in [7, 11) is 0. The lowest BCUT2D eigenvalue weighted by atomic mass is 10.3. The van der Waals surface area contributed by atoms with Gasteiger partial charge in [-0.3, -0.25) is 10.3 Å². The van der Waals surface area contributed by atoms with Crippen LogP contribution in [-0.2, 0) is 6.54 Å². The minimum atomic E-state index is -0.290.